The molecule has 1 amide bonds. The van der Waals surface area contributed by atoms with Crippen molar-refractivity contribution >= 4 is 17.5 Å². The molecule has 0 radical (unpaired) electrons. The van der Waals surface area contributed by atoms with E-state index in [0.717, 1.165) is 29.9 Å². The van der Waals surface area contributed by atoms with E-state index in [-0.39, 0.29) is 5.91 Å². The van der Waals surface area contributed by atoms with Crippen LogP contribution in [0, 0.1) is 6.92 Å². The van der Waals surface area contributed by atoms with Crippen LogP contribution in [-0.2, 0) is 6.42 Å². The lowest BCUT2D eigenvalue weighted by atomic mass is 10.1. The standard InChI is InChI=1S/C23H22ClN5O/c1-17-18(15-29(27-17)21-9-3-2-4-10-21)7-6-12-25-23(30)19-14-26-28(16-19)22-11-5-8-20(24)13-22/h2-5,8-11,13-16H,6-7,12H2,1H3,(H,25,30). The molecule has 4 aromatic rings. The van der Waals surface area contributed by atoms with Gasteiger partial charge in [-0.1, -0.05) is 35.9 Å². The number of aryl methyl sites for hydroxylation is 2. The fourth-order valence-corrected chi connectivity index (χ4v) is 3.42. The van der Waals surface area contributed by atoms with Gasteiger partial charge in [0, 0.05) is 24.0 Å². The number of nitrogens with one attached hydrogen (secondary N) is 1. The van der Waals surface area contributed by atoms with Crippen molar-refractivity contribution in [2.45, 2.75) is 19.8 Å². The number of rotatable bonds is 7. The molecule has 0 aliphatic rings. The maximum absolute atomic E-state index is 12.4. The Hall–Kier alpha value is -3.38. The van der Waals surface area contributed by atoms with Gasteiger partial charge in [0.1, 0.15) is 0 Å². The normalized spacial score (nSPS) is 10.9. The average molecular weight is 420 g/mol. The van der Waals surface area contributed by atoms with E-state index in [9.17, 15) is 4.79 Å². The predicted octanol–water partition coefficient (Wildman–Crippen LogP) is 4.38. The van der Waals surface area contributed by atoms with E-state index in [4.69, 9.17) is 11.6 Å². The van der Waals surface area contributed by atoms with Gasteiger partial charge in [-0.15, -0.1) is 0 Å². The summed E-state index contributed by atoms with van der Waals surface area (Å²) in [7, 11) is 0. The van der Waals surface area contributed by atoms with Gasteiger partial charge in [-0.3, -0.25) is 4.79 Å². The van der Waals surface area contributed by atoms with Gasteiger partial charge in [-0.25, -0.2) is 9.36 Å². The highest BCUT2D eigenvalue weighted by Crippen LogP contribution is 2.15. The fourth-order valence-electron chi connectivity index (χ4n) is 3.24. The van der Waals surface area contributed by atoms with E-state index in [0.29, 0.717) is 17.1 Å². The topological polar surface area (TPSA) is 64.7 Å². The number of aromatic nitrogens is 4. The van der Waals surface area contributed by atoms with E-state index in [2.05, 4.69) is 21.7 Å². The van der Waals surface area contributed by atoms with Crippen LogP contribution in [0.5, 0.6) is 0 Å². The van der Waals surface area contributed by atoms with E-state index in [1.54, 1.807) is 29.2 Å². The first-order valence-electron chi connectivity index (χ1n) is 9.79. The zero-order valence-corrected chi connectivity index (χ0v) is 17.4. The summed E-state index contributed by atoms with van der Waals surface area (Å²) in [6.07, 6.45) is 7.00. The predicted molar refractivity (Wildman–Crippen MR) is 118 cm³/mol. The Morgan fingerprint density at radius 3 is 2.63 bits per heavy atom. The second-order valence-corrected chi connectivity index (χ2v) is 7.47. The number of hydrogen-bond donors (Lipinski definition) is 1. The summed E-state index contributed by atoms with van der Waals surface area (Å²) in [6.45, 7) is 2.59. The first-order valence-corrected chi connectivity index (χ1v) is 10.2. The molecule has 0 spiro atoms. The lowest BCUT2D eigenvalue weighted by Crippen LogP contribution is -2.24. The molecule has 7 heteroatoms. The fraction of sp³-hybridized carbons (Fsp3) is 0.174. The summed E-state index contributed by atoms with van der Waals surface area (Å²) in [5, 5.41) is 12.4. The molecule has 1 N–H and O–H groups in total. The minimum atomic E-state index is -0.139. The van der Waals surface area contributed by atoms with E-state index < -0.39 is 0 Å². The molecule has 0 unspecified atom stereocenters. The van der Waals surface area contributed by atoms with Crippen molar-refractivity contribution in [3.63, 3.8) is 0 Å². The number of benzene rings is 2. The first-order chi connectivity index (χ1) is 14.6. The highest BCUT2D eigenvalue weighted by molar-refractivity contribution is 6.30. The summed E-state index contributed by atoms with van der Waals surface area (Å²) in [6, 6.07) is 17.4. The van der Waals surface area contributed by atoms with Crippen LogP contribution in [0.3, 0.4) is 0 Å². The Morgan fingerprint density at radius 2 is 1.83 bits per heavy atom. The molecule has 0 fully saturated rings. The van der Waals surface area contributed by atoms with Crippen LogP contribution < -0.4 is 5.32 Å². The van der Waals surface area contributed by atoms with Crippen LogP contribution in [0.4, 0.5) is 0 Å². The van der Waals surface area contributed by atoms with Crippen LogP contribution in [0.1, 0.15) is 28.0 Å². The van der Waals surface area contributed by atoms with Gasteiger partial charge in [0.25, 0.3) is 5.91 Å². The minimum absolute atomic E-state index is 0.139. The highest BCUT2D eigenvalue weighted by atomic mass is 35.5. The molecular formula is C23H22ClN5O. The third kappa shape index (κ3) is 4.60. The number of carbonyl (C=O) groups excluding carboxylic acids is 1. The van der Waals surface area contributed by atoms with Crippen LogP contribution in [0.2, 0.25) is 5.02 Å². The summed E-state index contributed by atoms with van der Waals surface area (Å²) in [4.78, 5) is 12.4. The van der Waals surface area contributed by atoms with Gasteiger partial charge >= 0.3 is 0 Å². The average Bonchev–Trinajstić information content (AvgIpc) is 3.39. The molecule has 0 aliphatic heterocycles. The number of halogens is 1. The number of hydrogen-bond acceptors (Lipinski definition) is 3. The maximum atomic E-state index is 12.4. The molecule has 152 valence electrons. The largest absolute Gasteiger partial charge is 0.352 e. The van der Waals surface area contributed by atoms with E-state index >= 15 is 0 Å². The Balaban J connectivity index is 1.30. The summed E-state index contributed by atoms with van der Waals surface area (Å²) < 4.78 is 3.54. The zero-order chi connectivity index (χ0) is 20.9. The quantitative estimate of drug-likeness (QED) is 0.452. The van der Waals surface area contributed by atoms with E-state index in [1.807, 2.05) is 54.1 Å². The lowest BCUT2D eigenvalue weighted by molar-refractivity contribution is 0.0953. The van der Waals surface area contributed by atoms with Crippen molar-refractivity contribution in [3.8, 4) is 11.4 Å². The van der Waals surface area contributed by atoms with Gasteiger partial charge in [-0.2, -0.15) is 10.2 Å². The zero-order valence-electron chi connectivity index (χ0n) is 16.6. The number of amides is 1. The molecule has 4 rings (SSSR count). The Morgan fingerprint density at radius 1 is 1.03 bits per heavy atom. The Bertz CT molecular complexity index is 1150. The van der Waals surface area contributed by atoms with Crippen LogP contribution in [0.15, 0.2) is 73.2 Å². The second-order valence-electron chi connectivity index (χ2n) is 7.03. The third-order valence-electron chi connectivity index (χ3n) is 4.85. The van der Waals surface area contributed by atoms with Crippen molar-refractivity contribution in [2.75, 3.05) is 6.54 Å². The highest BCUT2D eigenvalue weighted by Gasteiger charge is 2.10. The molecule has 6 nitrogen and oxygen atoms in total. The molecule has 0 aliphatic carbocycles. The van der Waals surface area contributed by atoms with Gasteiger partial charge in [0.15, 0.2) is 0 Å². The van der Waals surface area contributed by atoms with Crippen molar-refractivity contribution in [3.05, 3.63) is 95.0 Å². The second kappa shape index (κ2) is 8.97. The molecule has 2 heterocycles. The third-order valence-corrected chi connectivity index (χ3v) is 5.08. The maximum Gasteiger partial charge on any atom is 0.254 e. The SMILES string of the molecule is Cc1nn(-c2ccccc2)cc1CCCNC(=O)c1cnn(-c2cccc(Cl)c2)c1. The van der Waals surface area contributed by atoms with Gasteiger partial charge in [0.05, 0.1) is 28.8 Å². The monoisotopic (exact) mass is 419 g/mol. The molecule has 2 aromatic heterocycles. The molecule has 0 saturated heterocycles. The molecule has 30 heavy (non-hydrogen) atoms. The van der Waals surface area contributed by atoms with Crippen molar-refractivity contribution in [1.29, 1.82) is 0 Å². The smallest absolute Gasteiger partial charge is 0.254 e. The van der Waals surface area contributed by atoms with Gasteiger partial charge < -0.3 is 5.32 Å². The van der Waals surface area contributed by atoms with Crippen molar-refractivity contribution in [1.82, 2.24) is 24.9 Å². The first kappa shape index (κ1) is 19.9. The Labute approximate surface area is 180 Å². The summed E-state index contributed by atoms with van der Waals surface area (Å²) >= 11 is 6.02. The van der Waals surface area contributed by atoms with E-state index in [1.165, 1.54) is 5.56 Å². The van der Waals surface area contributed by atoms with Crippen molar-refractivity contribution in [2.24, 2.45) is 0 Å². The van der Waals surface area contributed by atoms with Crippen LogP contribution >= 0.6 is 11.6 Å². The number of para-hydroxylation sites is 1. The minimum Gasteiger partial charge on any atom is -0.352 e. The molecule has 0 bridgehead atoms. The lowest BCUT2D eigenvalue weighted by Gasteiger charge is -2.03. The van der Waals surface area contributed by atoms with Crippen LogP contribution in [-0.4, -0.2) is 32.0 Å². The van der Waals surface area contributed by atoms with Crippen LogP contribution in [0.25, 0.3) is 11.4 Å². The van der Waals surface area contributed by atoms with Gasteiger partial charge in [-0.05, 0) is 55.7 Å². The molecule has 0 atom stereocenters. The van der Waals surface area contributed by atoms with Gasteiger partial charge in [0.2, 0.25) is 0 Å². The summed E-state index contributed by atoms with van der Waals surface area (Å²) in [5.74, 6) is -0.139. The summed E-state index contributed by atoms with van der Waals surface area (Å²) in [5.41, 5.74) is 4.56. The number of nitrogens with zero attached hydrogens (tertiary/aromatic N) is 4. The molecule has 0 saturated carbocycles. The number of carbonyl (C=O) groups is 1. The molecular weight excluding hydrogens is 398 g/mol. The van der Waals surface area contributed by atoms with Crippen molar-refractivity contribution < 1.29 is 4.79 Å². The molecule has 2 aromatic carbocycles. The Kier molecular flexibility index (Phi) is 5.95.